The van der Waals surface area contributed by atoms with Crippen molar-refractivity contribution >= 4 is 17.8 Å². The number of benzene rings is 2. The number of carbonyl (C=O) groups excluding carboxylic acids is 3. The van der Waals surface area contributed by atoms with Gasteiger partial charge in [0, 0.05) is 13.2 Å². The van der Waals surface area contributed by atoms with Crippen LogP contribution in [0.1, 0.15) is 36.5 Å². The van der Waals surface area contributed by atoms with Gasteiger partial charge in [0.1, 0.15) is 18.7 Å². The molecule has 2 heterocycles. The zero-order valence-corrected chi connectivity index (χ0v) is 20.3. The largest absolute Gasteiger partial charge is 0.493 e. The molecule has 0 radical (unpaired) electrons. The van der Waals surface area contributed by atoms with Gasteiger partial charge >= 0.3 is 6.03 Å². The number of aryl methyl sites for hydroxylation is 1. The van der Waals surface area contributed by atoms with Crippen LogP contribution in [0.5, 0.6) is 11.5 Å². The fraction of sp³-hybridized carbons (Fsp3) is 0.423. The number of ether oxygens (including phenoxy) is 3. The van der Waals surface area contributed by atoms with E-state index in [9.17, 15) is 14.4 Å². The summed E-state index contributed by atoms with van der Waals surface area (Å²) in [7, 11) is 1.55. The molecule has 2 aliphatic rings. The third-order valence-corrected chi connectivity index (χ3v) is 6.37. The van der Waals surface area contributed by atoms with Gasteiger partial charge in [0.05, 0.1) is 13.2 Å². The highest BCUT2D eigenvalue weighted by Crippen LogP contribution is 2.30. The van der Waals surface area contributed by atoms with Crippen molar-refractivity contribution in [2.24, 2.45) is 0 Å². The van der Waals surface area contributed by atoms with Crippen LogP contribution in [-0.2, 0) is 26.4 Å². The monoisotopic (exact) mass is 481 g/mol. The van der Waals surface area contributed by atoms with Crippen LogP contribution in [0.25, 0.3) is 0 Å². The van der Waals surface area contributed by atoms with Crippen molar-refractivity contribution in [2.45, 2.75) is 44.9 Å². The summed E-state index contributed by atoms with van der Waals surface area (Å²) >= 11 is 0. The third-order valence-electron chi connectivity index (χ3n) is 6.37. The lowest BCUT2D eigenvalue weighted by Gasteiger charge is -2.22. The number of imide groups is 1. The molecule has 2 aromatic carbocycles. The molecule has 2 atom stereocenters. The minimum Gasteiger partial charge on any atom is -0.493 e. The van der Waals surface area contributed by atoms with Crippen molar-refractivity contribution < 1.29 is 28.6 Å². The molecule has 0 saturated carbocycles. The Labute approximate surface area is 204 Å². The van der Waals surface area contributed by atoms with E-state index in [2.05, 4.69) is 10.6 Å². The molecule has 9 nitrogen and oxygen atoms in total. The first kappa shape index (κ1) is 24.5. The Hall–Kier alpha value is -3.59. The van der Waals surface area contributed by atoms with E-state index in [4.69, 9.17) is 14.2 Å². The summed E-state index contributed by atoms with van der Waals surface area (Å²) < 4.78 is 16.9. The Kier molecular flexibility index (Phi) is 7.25. The highest BCUT2D eigenvalue weighted by molar-refractivity contribution is 6.09. The second kappa shape index (κ2) is 10.4. The van der Waals surface area contributed by atoms with E-state index >= 15 is 0 Å². The number of carbonyl (C=O) groups is 3. The molecule has 186 valence electrons. The topological polar surface area (TPSA) is 106 Å². The van der Waals surface area contributed by atoms with Crippen molar-refractivity contribution in [3.63, 3.8) is 0 Å². The van der Waals surface area contributed by atoms with Crippen LogP contribution in [0.15, 0.2) is 42.5 Å². The molecule has 9 heteroatoms. The van der Waals surface area contributed by atoms with Crippen LogP contribution < -0.4 is 20.1 Å². The first-order valence-electron chi connectivity index (χ1n) is 11.7. The van der Waals surface area contributed by atoms with Gasteiger partial charge in [0.15, 0.2) is 11.5 Å². The first-order valence-corrected chi connectivity index (χ1v) is 11.7. The number of nitrogens with one attached hydrogen (secondary N) is 2. The Bertz CT molecular complexity index is 1100. The standard InChI is InChI=1S/C26H31N3O6/c1-17-6-9-19(10-7-17)26(2)24(31)29(25(32)28-26)15-23(30)27-14-18-8-11-21(22(13-18)33-3)35-16-20-5-4-12-34-20/h6-11,13,20H,4-5,12,14-16H2,1-3H3,(H,27,30)(H,28,32). The van der Waals surface area contributed by atoms with Crippen molar-refractivity contribution in [2.75, 3.05) is 26.9 Å². The van der Waals surface area contributed by atoms with E-state index in [0.29, 0.717) is 23.7 Å². The molecule has 0 spiro atoms. The fourth-order valence-electron chi connectivity index (χ4n) is 4.22. The maximum Gasteiger partial charge on any atom is 0.325 e. The zero-order chi connectivity index (χ0) is 25.0. The number of nitrogens with zero attached hydrogens (tertiary/aromatic N) is 1. The van der Waals surface area contributed by atoms with Gasteiger partial charge in [-0.2, -0.15) is 0 Å². The number of hydrogen-bond acceptors (Lipinski definition) is 6. The molecular formula is C26H31N3O6. The maximum absolute atomic E-state index is 13.0. The Balaban J connectivity index is 1.33. The average Bonchev–Trinajstić information content (AvgIpc) is 3.45. The minimum atomic E-state index is -1.21. The van der Waals surface area contributed by atoms with Crippen molar-refractivity contribution in [1.82, 2.24) is 15.5 Å². The van der Waals surface area contributed by atoms with E-state index in [1.807, 2.05) is 25.1 Å². The molecule has 0 aromatic heterocycles. The lowest BCUT2D eigenvalue weighted by molar-refractivity contribution is -0.134. The van der Waals surface area contributed by atoms with Gasteiger partial charge < -0.3 is 24.8 Å². The van der Waals surface area contributed by atoms with E-state index in [1.165, 1.54) is 0 Å². The number of amides is 4. The molecule has 2 aliphatic heterocycles. The van der Waals surface area contributed by atoms with Crippen LogP contribution in [0, 0.1) is 6.92 Å². The summed E-state index contributed by atoms with van der Waals surface area (Å²) in [6.45, 7) is 4.65. The molecule has 4 rings (SSSR count). The molecule has 0 aliphatic carbocycles. The second-order valence-electron chi connectivity index (χ2n) is 9.02. The SMILES string of the molecule is COc1cc(CNC(=O)CN2C(=O)NC(C)(c3ccc(C)cc3)C2=O)ccc1OCC1CCCO1. The van der Waals surface area contributed by atoms with Crippen LogP contribution in [-0.4, -0.2) is 55.7 Å². The summed E-state index contributed by atoms with van der Waals surface area (Å²) in [5.41, 5.74) is 1.29. The van der Waals surface area contributed by atoms with Gasteiger partial charge in [-0.1, -0.05) is 35.9 Å². The van der Waals surface area contributed by atoms with Gasteiger partial charge in [-0.3, -0.25) is 14.5 Å². The van der Waals surface area contributed by atoms with E-state index in [1.54, 1.807) is 38.3 Å². The second-order valence-corrected chi connectivity index (χ2v) is 9.02. The molecule has 2 aromatic rings. The molecule has 0 bridgehead atoms. The first-order chi connectivity index (χ1) is 16.8. The summed E-state index contributed by atoms with van der Waals surface area (Å²) in [5.74, 6) is 0.251. The Morgan fingerprint density at radius 2 is 1.97 bits per heavy atom. The normalized spacial score (nSPS) is 21.7. The lowest BCUT2D eigenvalue weighted by Crippen LogP contribution is -2.43. The minimum absolute atomic E-state index is 0.0945. The van der Waals surface area contributed by atoms with Crippen LogP contribution in [0.3, 0.4) is 0 Å². The van der Waals surface area contributed by atoms with Gasteiger partial charge in [-0.05, 0) is 49.9 Å². The smallest absolute Gasteiger partial charge is 0.325 e. The molecule has 2 unspecified atom stereocenters. The summed E-state index contributed by atoms with van der Waals surface area (Å²) in [6.07, 6.45) is 2.12. The van der Waals surface area contributed by atoms with Crippen LogP contribution in [0.2, 0.25) is 0 Å². The van der Waals surface area contributed by atoms with E-state index < -0.39 is 23.4 Å². The highest BCUT2D eigenvalue weighted by atomic mass is 16.5. The van der Waals surface area contributed by atoms with Crippen molar-refractivity contribution in [1.29, 1.82) is 0 Å². The number of methoxy groups -OCH3 is 1. The lowest BCUT2D eigenvalue weighted by atomic mass is 9.91. The quantitative estimate of drug-likeness (QED) is 0.534. The predicted molar refractivity (Wildman–Crippen MR) is 128 cm³/mol. The van der Waals surface area contributed by atoms with Crippen LogP contribution >= 0.6 is 0 Å². The summed E-state index contributed by atoms with van der Waals surface area (Å²) in [4.78, 5) is 39.1. The number of hydrogen-bond donors (Lipinski definition) is 2. The maximum atomic E-state index is 13.0. The van der Waals surface area contributed by atoms with Gasteiger partial charge in [-0.15, -0.1) is 0 Å². The molecule has 2 fully saturated rings. The number of rotatable bonds is 9. The van der Waals surface area contributed by atoms with Crippen molar-refractivity contribution in [3.05, 3.63) is 59.2 Å². The van der Waals surface area contributed by atoms with Crippen LogP contribution in [0.4, 0.5) is 4.79 Å². The predicted octanol–water partition coefficient (Wildman–Crippen LogP) is 2.64. The van der Waals surface area contributed by atoms with E-state index in [0.717, 1.165) is 35.5 Å². The van der Waals surface area contributed by atoms with E-state index in [-0.39, 0.29) is 19.2 Å². The average molecular weight is 482 g/mol. The Morgan fingerprint density at radius 1 is 1.20 bits per heavy atom. The number of urea groups is 1. The molecule has 2 N–H and O–H groups in total. The third kappa shape index (κ3) is 5.40. The molecular weight excluding hydrogens is 450 g/mol. The van der Waals surface area contributed by atoms with Gasteiger partial charge in [0.2, 0.25) is 5.91 Å². The molecule has 2 saturated heterocycles. The van der Waals surface area contributed by atoms with Gasteiger partial charge in [-0.25, -0.2) is 4.79 Å². The Morgan fingerprint density at radius 3 is 2.66 bits per heavy atom. The summed E-state index contributed by atoms with van der Waals surface area (Å²) in [6, 6.07) is 12.2. The molecule has 35 heavy (non-hydrogen) atoms. The van der Waals surface area contributed by atoms with Crippen molar-refractivity contribution in [3.8, 4) is 11.5 Å². The highest BCUT2D eigenvalue weighted by Gasteiger charge is 2.49. The van der Waals surface area contributed by atoms with Gasteiger partial charge in [0.25, 0.3) is 5.91 Å². The zero-order valence-electron chi connectivity index (χ0n) is 20.3. The fourth-order valence-corrected chi connectivity index (χ4v) is 4.22. The molecule has 4 amide bonds. The summed E-state index contributed by atoms with van der Waals surface area (Å²) in [5, 5.41) is 5.48.